The number of anilines is 2. The van der Waals surface area contributed by atoms with Crippen molar-refractivity contribution in [3.8, 4) is 0 Å². The van der Waals surface area contributed by atoms with Crippen molar-refractivity contribution >= 4 is 44.0 Å². The molecule has 0 aliphatic carbocycles. The predicted octanol–water partition coefficient (Wildman–Crippen LogP) is 3.02. The molecule has 2 aromatic carbocycles. The van der Waals surface area contributed by atoms with E-state index in [0.29, 0.717) is 5.17 Å². The lowest BCUT2D eigenvalue weighted by molar-refractivity contribution is -0.113. The van der Waals surface area contributed by atoms with E-state index in [1.54, 1.807) is 0 Å². The summed E-state index contributed by atoms with van der Waals surface area (Å²) in [5.74, 6) is 0.264. The topological polar surface area (TPSA) is 78.8 Å². The fraction of sp³-hybridized carbons (Fsp3) is 0.333. The van der Waals surface area contributed by atoms with Crippen molar-refractivity contribution in [2.45, 2.75) is 25.9 Å². The zero-order valence-corrected chi connectivity index (χ0v) is 18.0. The van der Waals surface area contributed by atoms with E-state index in [4.69, 9.17) is 0 Å². The Kier molecular flexibility index (Phi) is 5.40. The van der Waals surface area contributed by atoms with Crippen molar-refractivity contribution in [2.24, 2.45) is 4.99 Å². The number of fused-ring (bicyclic) bond motifs is 1. The average molecular weight is 430 g/mol. The molecule has 1 N–H and O–H groups in total. The monoisotopic (exact) mass is 429 g/mol. The number of thioether (sulfide) groups is 1. The van der Waals surface area contributed by atoms with Gasteiger partial charge in [-0.25, -0.2) is 8.42 Å². The minimum atomic E-state index is -3.09. The molecular weight excluding hydrogens is 406 g/mol. The number of hydrogen-bond acceptors (Lipinski definition) is 6. The largest absolute Gasteiger partial charge is 0.325 e. The lowest BCUT2D eigenvalue weighted by Crippen LogP contribution is -2.39. The molecule has 29 heavy (non-hydrogen) atoms. The minimum Gasteiger partial charge on any atom is -0.325 e. The third kappa shape index (κ3) is 4.33. The number of para-hydroxylation sites is 1. The number of hydrogen-bond donors (Lipinski definition) is 1. The zero-order chi connectivity index (χ0) is 20.6. The number of amides is 1. The highest BCUT2D eigenvalue weighted by Crippen LogP contribution is 2.35. The lowest BCUT2D eigenvalue weighted by Gasteiger charge is -2.26. The van der Waals surface area contributed by atoms with E-state index < -0.39 is 9.84 Å². The molecule has 0 saturated carbocycles. The fourth-order valence-electron chi connectivity index (χ4n) is 3.71. The van der Waals surface area contributed by atoms with Crippen LogP contribution in [0.1, 0.15) is 11.1 Å². The molecule has 2 atom stereocenters. The predicted molar refractivity (Wildman–Crippen MR) is 120 cm³/mol. The van der Waals surface area contributed by atoms with Gasteiger partial charge >= 0.3 is 0 Å². The minimum absolute atomic E-state index is 0.0692. The number of amidine groups is 1. The van der Waals surface area contributed by atoms with Crippen LogP contribution in [-0.2, 0) is 14.6 Å². The Bertz CT molecular complexity index is 1070. The van der Waals surface area contributed by atoms with Crippen LogP contribution in [0.15, 0.2) is 53.5 Å². The first-order chi connectivity index (χ1) is 13.8. The summed E-state index contributed by atoms with van der Waals surface area (Å²) in [7, 11) is -3.09. The molecule has 0 unspecified atom stereocenters. The maximum absolute atomic E-state index is 12.5. The van der Waals surface area contributed by atoms with Gasteiger partial charge in [0, 0.05) is 11.4 Å². The van der Waals surface area contributed by atoms with E-state index >= 15 is 0 Å². The second-order valence-electron chi connectivity index (χ2n) is 7.48. The van der Waals surface area contributed by atoms with E-state index in [0.717, 1.165) is 22.5 Å². The number of aryl methyl sites for hydroxylation is 2. The summed E-state index contributed by atoms with van der Waals surface area (Å²) in [6, 6.07) is 15.1. The molecule has 152 valence electrons. The Morgan fingerprint density at radius 1 is 1.17 bits per heavy atom. The van der Waals surface area contributed by atoms with E-state index in [1.165, 1.54) is 11.8 Å². The highest BCUT2D eigenvalue weighted by atomic mass is 32.2. The van der Waals surface area contributed by atoms with E-state index in [2.05, 4.69) is 10.3 Å². The van der Waals surface area contributed by atoms with Crippen LogP contribution in [0.3, 0.4) is 0 Å². The number of carbonyl (C=O) groups is 1. The lowest BCUT2D eigenvalue weighted by atomic mass is 10.1. The van der Waals surface area contributed by atoms with Gasteiger partial charge in [0.25, 0.3) is 0 Å². The molecule has 8 heteroatoms. The Hall–Kier alpha value is -2.32. The van der Waals surface area contributed by atoms with Gasteiger partial charge in [-0.15, -0.1) is 0 Å². The second-order valence-corrected chi connectivity index (χ2v) is 10.6. The summed E-state index contributed by atoms with van der Waals surface area (Å²) in [5, 5.41) is 3.67. The van der Waals surface area contributed by atoms with Crippen molar-refractivity contribution in [3.05, 3.63) is 59.7 Å². The number of carbonyl (C=O) groups excluding carboxylic acids is 1. The normalized spacial score (nSPS) is 22.3. The molecule has 0 aromatic heterocycles. The molecule has 2 aliphatic heterocycles. The summed E-state index contributed by atoms with van der Waals surface area (Å²) in [5.41, 5.74) is 3.81. The number of benzene rings is 2. The molecule has 4 rings (SSSR count). The van der Waals surface area contributed by atoms with Crippen LogP contribution in [0.25, 0.3) is 0 Å². The van der Waals surface area contributed by atoms with Crippen molar-refractivity contribution in [1.29, 1.82) is 0 Å². The second kappa shape index (κ2) is 7.84. The smallest absolute Gasteiger partial charge is 0.234 e. The molecule has 0 spiro atoms. The molecule has 0 bridgehead atoms. The summed E-state index contributed by atoms with van der Waals surface area (Å²) in [6.45, 7) is 3.95. The van der Waals surface area contributed by atoms with E-state index in [1.807, 2.05) is 67.3 Å². The van der Waals surface area contributed by atoms with Gasteiger partial charge in [0.05, 0.1) is 29.3 Å². The Labute approximate surface area is 175 Å². The number of rotatable bonds is 4. The van der Waals surface area contributed by atoms with Crippen molar-refractivity contribution in [2.75, 3.05) is 27.5 Å². The van der Waals surface area contributed by atoms with Crippen LogP contribution >= 0.6 is 11.8 Å². The number of sulfone groups is 1. The van der Waals surface area contributed by atoms with Gasteiger partial charge in [-0.1, -0.05) is 42.1 Å². The molecular formula is C21H23N3O3S2. The Morgan fingerprint density at radius 3 is 2.69 bits per heavy atom. The molecule has 2 heterocycles. The Balaban J connectivity index is 1.49. The molecule has 0 radical (unpaired) electrons. The molecule has 2 aromatic rings. The van der Waals surface area contributed by atoms with E-state index in [-0.39, 0.29) is 35.2 Å². The molecule has 6 nitrogen and oxygen atoms in total. The third-order valence-corrected chi connectivity index (χ3v) is 7.81. The van der Waals surface area contributed by atoms with Crippen LogP contribution in [0.5, 0.6) is 0 Å². The van der Waals surface area contributed by atoms with Crippen molar-refractivity contribution < 1.29 is 13.2 Å². The fourth-order valence-corrected chi connectivity index (χ4v) is 6.48. The quantitative estimate of drug-likeness (QED) is 0.808. The Morgan fingerprint density at radius 2 is 1.93 bits per heavy atom. The molecule has 1 amide bonds. The van der Waals surface area contributed by atoms with E-state index in [9.17, 15) is 13.2 Å². The van der Waals surface area contributed by atoms with Gasteiger partial charge in [-0.3, -0.25) is 9.79 Å². The van der Waals surface area contributed by atoms with Crippen molar-refractivity contribution in [3.63, 3.8) is 0 Å². The summed E-state index contributed by atoms with van der Waals surface area (Å²) < 4.78 is 24.2. The van der Waals surface area contributed by atoms with Crippen molar-refractivity contribution in [1.82, 2.24) is 0 Å². The van der Waals surface area contributed by atoms with Crippen LogP contribution < -0.4 is 10.2 Å². The standard InChI is InChI=1S/C21H23N3O3S2/c1-14-8-9-15(2)17(10-14)22-20(25)11-28-21-23-18-12-29(26,27)13-19(18)24(21)16-6-4-3-5-7-16/h3-10,18-19H,11-13H2,1-2H3,(H,22,25)/t18-,19+/m1/s1. The van der Waals surface area contributed by atoms with Gasteiger partial charge in [-0.05, 0) is 43.2 Å². The number of aliphatic imine (C=N–C) groups is 1. The van der Waals surface area contributed by atoms with Gasteiger partial charge in [0.2, 0.25) is 5.91 Å². The third-order valence-electron chi connectivity index (χ3n) is 5.14. The van der Waals surface area contributed by atoms with Crippen LogP contribution in [0.4, 0.5) is 11.4 Å². The number of nitrogens with zero attached hydrogens (tertiary/aromatic N) is 2. The first-order valence-electron chi connectivity index (χ1n) is 9.45. The van der Waals surface area contributed by atoms with Gasteiger partial charge in [0.15, 0.2) is 15.0 Å². The first-order valence-corrected chi connectivity index (χ1v) is 12.3. The van der Waals surface area contributed by atoms with Crippen LogP contribution in [-0.4, -0.2) is 48.8 Å². The van der Waals surface area contributed by atoms with Gasteiger partial charge < -0.3 is 10.2 Å². The number of nitrogens with one attached hydrogen (secondary N) is 1. The maximum atomic E-state index is 12.5. The van der Waals surface area contributed by atoms with Crippen LogP contribution in [0.2, 0.25) is 0 Å². The zero-order valence-electron chi connectivity index (χ0n) is 16.3. The van der Waals surface area contributed by atoms with Gasteiger partial charge in [-0.2, -0.15) is 0 Å². The highest BCUT2D eigenvalue weighted by molar-refractivity contribution is 8.14. The highest BCUT2D eigenvalue weighted by Gasteiger charge is 2.47. The SMILES string of the molecule is Cc1ccc(C)c(NC(=O)CSC2=N[C@@H]3CS(=O)(=O)C[C@@H]3N2c2ccccc2)c1. The van der Waals surface area contributed by atoms with Gasteiger partial charge in [0.1, 0.15) is 0 Å². The average Bonchev–Trinajstić information content (AvgIpc) is 3.14. The first kappa shape index (κ1) is 20.0. The molecule has 1 fully saturated rings. The maximum Gasteiger partial charge on any atom is 0.234 e. The summed E-state index contributed by atoms with van der Waals surface area (Å²) >= 11 is 1.35. The molecule has 1 saturated heterocycles. The van der Waals surface area contributed by atoms with Crippen LogP contribution in [0, 0.1) is 13.8 Å². The summed E-state index contributed by atoms with van der Waals surface area (Å²) in [6.07, 6.45) is 0. The summed E-state index contributed by atoms with van der Waals surface area (Å²) in [4.78, 5) is 19.2. The molecule has 2 aliphatic rings.